The van der Waals surface area contributed by atoms with E-state index in [4.69, 9.17) is 23.2 Å². The van der Waals surface area contributed by atoms with Crippen molar-refractivity contribution in [1.82, 2.24) is 0 Å². The van der Waals surface area contributed by atoms with Crippen molar-refractivity contribution in [2.75, 3.05) is 0 Å². The topological polar surface area (TPSA) is 17.1 Å². The summed E-state index contributed by atoms with van der Waals surface area (Å²) in [6.07, 6.45) is 0. The molecule has 4 heteroatoms. The number of rotatable bonds is 2. The van der Waals surface area contributed by atoms with Gasteiger partial charge in [-0.1, -0.05) is 23.2 Å². The van der Waals surface area contributed by atoms with Crippen LogP contribution in [0.4, 0.5) is 0 Å². The largest absolute Gasteiger partial charge is 0.290 e. The number of carbonyl (C=O) groups excluding carboxylic acids is 1. The Balaban J connectivity index is 2.85. The van der Waals surface area contributed by atoms with Crippen molar-refractivity contribution in [3.05, 3.63) is 21.9 Å². The fraction of sp³-hybridized carbons (Fsp3) is 0.286. The van der Waals surface area contributed by atoms with E-state index in [0.29, 0.717) is 4.88 Å². The molecule has 0 unspecified atom stereocenters. The van der Waals surface area contributed by atoms with Gasteiger partial charge >= 0.3 is 0 Å². The molecule has 0 atom stereocenters. The second-order valence-corrected chi connectivity index (χ2v) is 4.16. The van der Waals surface area contributed by atoms with Crippen molar-refractivity contribution >= 4 is 40.3 Å². The quantitative estimate of drug-likeness (QED) is 0.540. The zero-order valence-electron chi connectivity index (χ0n) is 5.80. The van der Waals surface area contributed by atoms with Crippen molar-refractivity contribution in [3.63, 3.8) is 0 Å². The standard InChI is InChI=1S/C7H6Cl2OS/c1-4-2-5(11-3-4)6(10)7(8)9/h2-3,7H,1H3. The van der Waals surface area contributed by atoms with Crippen molar-refractivity contribution < 1.29 is 4.79 Å². The van der Waals surface area contributed by atoms with Crippen LogP contribution in [0.1, 0.15) is 15.2 Å². The number of aryl methyl sites for hydroxylation is 1. The minimum Gasteiger partial charge on any atom is -0.290 e. The summed E-state index contributed by atoms with van der Waals surface area (Å²) in [5.74, 6) is -0.216. The highest BCUT2D eigenvalue weighted by Gasteiger charge is 2.15. The third-order valence-corrected chi connectivity index (χ3v) is 2.63. The predicted octanol–water partition coefficient (Wildman–Crippen LogP) is 3.04. The van der Waals surface area contributed by atoms with E-state index in [1.54, 1.807) is 6.07 Å². The molecule has 0 aliphatic rings. The van der Waals surface area contributed by atoms with Gasteiger partial charge in [-0.3, -0.25) is 4.79 Å². The molecule has 1 heterocycles. The SMILES string of the molecule is Cc1csc(C(=O)C(Cl)Cl)c1. The van der Waals surface area contributed by atoms with Gasteiger partial charge in [-0.25, -0.2) is 0 Å². The Bertz CT molecular complexity index is 267. The van der Waals surface area contributed by atoms with Crippen molar-refractivity contribution in [2.24, 2.45) is 0 Å². The molecule has 0 saturated carbocycles. The zero-order chi connectivity index (χ0) is 8.43. The molecule has 1 aromatic heterocycles. The molecule has 0 N–H and O–H groups in total. The lowest BCUT2D eigenvalue weighted by atomic mass is 10.3. The summed E-state index contributed by atoms with van der Waals surface area (Å²) in [4.78, 5) is 10.8. The molecule has 1 rings (SSSR count). The fourth-order valence-electron chi connectivity index (χ4n) is 0.668. The second kappa shape index (κ2) is 3.57. The first-order valence-electron chi connectivity index (χ1n) is 2.99. The van der Waals surface area contributed by atoms with Gasteiger partial charge in [0.25, 0.3) is 0 Å². The van der Waals surface area contributed by atoms with Crippen LogP contribution in [0.2, 0.25) is 0 Å². The molecule has 0 bridgehead atoms. The van der Waals surface area contributed by atoms with Gasteiger partial charge in [0.1, 0.15) is 0 Å². The number of Topliss-reactive ketones (excluding diaryl/α,β-unsaturated/α-hetero) is 1. The summed E-state index contributed by atoms with van der Waals surface area (Å²) in [5.41, 5.74) is 1.06. The summed E-state index contributed by atoms with van der Waals surface area (Å²) in [7, 11) is 0. The van der Waals surface area contributed by atoms with Crippen LogP contribution in [0.3, 0.4) is 0 Å². The van der Waals surface area contributed by atoms with Gasteiger partial charge < -0.3 is 0 Å². The van der Waals surface area contributed by atoms with Gasteiger partial charge in [0.05, 0.1) is 4.88 Å². The number of ketones is 1. The van der Waals surface area contributed by atoms with E-state index in [1.165, 1.54) is 11.3 Å². The highest BCUT2D eigenvalue weighted by Crippen LogP contribution is 2.19. The minimum atomic E-state index is -0.937. The molecule has 0 aliphatic carbocycles. The molecule has 0 aromatic carbocycles. The Morgan fingerprint density at radius 2 is 2.27 bits per heavy atom. The number of hydrogen-bond acceptors (Lipinski definition) is 2. The van der Waals surface area contributed by atoms with Gasteiger partial charge in [0.2, 0.25) is 5.78 Å². The highest BCUT2D eigenvalue weighted by molar-refractivity contribution is 7.12. The molecule has 0 fully saturated rings. The van der Waals surface area contributed by atoms with Crippen molar-refractivity contribution in [1.29, 1.82) is 0 Å². The lowest BCUT2D eigenvalue weighted by molar-refractivity contribution is 0.101. The van der Waals surface area contributed by atoms with Crippen molar-refractivity contribution in [3.8, 4) is 0 Å². The average molecular weight is 209 g/mol. The van der Waals surface area contributed by atoms with Gasteiger partial charge in [0.15, 0.2) is 4.84 Å². The zero-order valence-corrected chi connectivity index (χ0v) is 8.13. The molecule has 0 saturated heterocycles. The number of hydrogen-bond donors (Lipinski definition) is 0. The third-order valence-electron chi connectivity index (χ3n) is 1.17. The van der Waals surface area contributed by atoms with E-state index in [-0.39, 0.29) is 5.78 Å². The van der Waals surface area contributed by atoms with E-state index in [0.717, 1.165) is 5.56 Å². The molecule has 0 spiro atoms. The predicted molar refractivity (Wildman–Crippen MR) is 48.9 cm³/mol. The lowest BCUT2D eigenvalue weighted by Gasteiger charge is -1.94. The molecule has 0 amide bonds. The highest BCUT2D eigenvalue weighted by atomic mass is 35.5. The Kier molecular flexibility index (Phi) is 2.93. The maximum Gasteiger partial charge on any atom is 0.205 e. The van der Waals surface area contributed by atoms with Gasteiger partial charge in [-0.2, -0.15) is 0 Å². The summed E-state index contributed by atoms with van der Waals surface area (Å²) < 4.78 is 0. The summed E-state index contributed by atoms with van der Waals surface area (Å²) in [5, 5.41) is 1.89. The minimum absolute atomic E-state index is 0.216. The van der Waals surface area contributed by atoms with E-state index in [9.17, 15) is 4.79 Å². The van der Waals surface area contributed by atoms with Gasteiger partial charge in [-0.05, 0) is 23.9 Å². The molecule has 1 aromatic rings. The van der Waals surface area contributed by atoms with Crippen LogP contribution in [0.15, 0.2) is 11.4 Å². The number of alkyl halides is 2. The first-order valence-corrected chi connectivity index (χ1v) is 4.74. The first-order chi connectivity index (χ1) is 5.11. The van der Waals surface area contributed by atoms with Crippen LogP contribution in [0.25, 0.3) is 0 Å². The van der Waals surface area contributed by atoms with E-state index < -0.39 is 4.84 Å². The number of thiophene rings is 1. The Morgan fingerprint density at radius 3 is 2.64 bits per heavy atom. The maximum absolute atomic E-state index is 11.1. The lowest BCUT2D eigenvalue weighted by Crippen LogP contribution is -2.05. The summed E-state index contributed by atoms with van der Waals surface area (Å²) in [6, 6.07) is 1.78. The first kappa shape index (κ1) is 9.04. The molecule has 0 aliphatic heterocycles. The number of carbonyl (C=O) groups is 1. The Hall–Kier alpha value is -0.0500. The Morgan fingerprint density at radius 1 is 1.64 bits per heavy atom. The number of halogens is 2. The van der Waals surface area contributed by atoms with Crippen LogP contribution in [-0.2, 0) is 0 Å². The second-order valence-electron chi connectivity index (χ2n) is 2.15. The van der Waals surface area contributed by atoms with E-state index >= 15 is 0 Å². The van der Waals surface area contributed by atoms with Gasteiger partial charge in [-0.15, -0.1) is 11.3 Å². The molecular weight excluding hydrogens is 203 g/mol. The van der Waals surface area contributed by atoms with Crippen LogP contribution in [-0.4, -0.2) is 10.6 Å². The normalized spacial score (nSPS) is 10.5. The van der Waals surface area contributed by atoms with E-state index in [2.05, 4.69) is 0 Å². The Labute approximate surface area is 78.9 Å². The maximum atomic E-state index is 11.1. The average Bonchev–Trinajstić information content (AvgIpc) is 2.34. The molecule has 1 nitrogen and oxygen atoms in total. The monoisotopic (exact) mass is 208 g/mol. The molecule has 0 radical (unpaired) electrons. The van der Waals surface area contributed by atoms with Crippen LogP contribution in [0, 0.1) is 6.92 Å². The van der Waals surface area contributed by atoms with Crippen molar-refractivity contribution in [2.45, 2.75) is 11.8 Å². The summed E-state index contributed by atoms with van der Waals surface area (Å²) >= 11 is 12.2. The smallest absolute Gasteiger partial charge is 0.205 e. The molecule has 60 valence electrons. The fourth-order valence-corrected chi connectivity index (χ4v) is 1.90. The van der Waals surface area contributed by atoms with Crippen LogP contribution >= 0.6 is 34.5 Å². The van der Waals surface area contributed by atoms with Crippen LogP contribution < -0.4 is 0 Å². The summed E-state index contributed by atoms with van der Waals surface area (Å²) in [6.45, 7) is 1.92. The molecular formula is C7H6Cl2OS. The van der Waals surface area contributed by atoms with Crippen LogP contribution in [0.5, 0.6) is 0 Å². The third kappa shape index (κ3) is 2.19. The van der Waals surface area contributed by atoms with Gasteiger partial charge in [0, 0.05) is 0 Å². The van der Waals surface area contributed by atoms with E-state index in [1.807, 2.05) is 12.3 Å². The molecule has 11 heavy (non-hydrogen) atoms.